The molecule has 0 amide bonds. The summed E-state index contributed by atoms with van der Waals surface area (Å²) < 4.78 is 0. The third-order valence-electron chi connectivity index (χ3n) is 4.75. The van der Waals surface area contributed by atoms with Crippen LogP contribution in [0.15, 0.2) is 42.2 Å². The molecule has 1 aromatic carbocycles. The zero-order valence-corrected chi connectivity index (χ0v) is 14.2. The molecule has 1 atom stereocenters. The van der Waals surface area contributed by atoms with Gasteiger partial charge in [-0.25, -0.2) is 0 Å². The van der Waals surface area contributed by atoms with Crippen LogP contribution in [0, 0.1) is 5.41 Å². The minimum absolute atomic E-state index is 0.406. The fourth-order valence-corrected chi connectivity index (χ4v) is 3.67. The third kappa shape index (κ3) is 3.67. The van der Waals surface area contributed by atoms with Crippen molar-refractivity contribution in [2.24, 2.45) is 5.41 Å². The molecule has 1 heterocycles. The molecule has 0 saturated carbocycles. The van der Waals surface area contributed by atoms with Crippen molar-refractivity contribution < 1.29 is 0 Å². The monoisotopic (exact) mass is 316 g/mol. The van der Waals surface area contributed by atoms with Gasteiger partial charge in [0.25, 0.3) is 0 Å². The lowest BCUT2D eigenvalue weighted by Crippen LogP contribution is -2.39. The zero-order valence-electron chi connectivity index (χ0n) is 13.5. The Balaban J connectivity index is 1.89. The van der Waals surface area contributed by atoms with Gasteiger partial charge >= 0.3 is 0 Å². The van der Waals surface area contributed by atoms with Crippen LogP contribution in [0.2, 0.25) is 5.02 Å². The van der Waals surface area contributed by atoms with Crippen LogP contribution in [0.25, 0.3) is 5.57 Å². The van der Waals surface area contributed by atoms with Gasteiger partial charge in [0.1, 0.15) is 0 Å². The molecule has 0 fully saturated rings. The molecule has 0 spiro atoms. The molecular formula is C19H25ClN2. The summed E-state index contributed by atoms with van der Waals surface area (Å²) in [6, 6.07) is 8.83. The fourth-order valence-electron chi connectivity index (χ4n) is 3.55. The Bertz CT molecular complexity index is 584. The summed E-state index contributed by atoms with van der Waals surface area (Å²) in [4.78, 5) is 0. The van der Waals surface area contributed by atoms with E-state index in [1.165, 1.54) is 30.4 Å². The fraction of sp³-hybridized carbons (Fsp3) is 0.474. The van der Waals surface area contributed by atoms with Gasteiger partial charge in [-0.1, -0.05) is 43.2 Å². The van der Waals surface area contributed by atoms with E-state index in [1.54, 1.807) is 5.57 Å². The Hall–Kier alpha value is -1.41. The Morgan fingerprint density at radius 1 is 1.18 bits per heavy atom. The Kier molecular flexibility index (Phi) is 4.49. The summed E-state index contributed by atoms with van der Waals surface area (Å²) in [6.45, 7) is 5.77. The molecule has 1 aliphatic carbocycles. The van der Waals surface area contributed by atoms with Crippen molar-refractivity contribution in [1.29, 1.82) is 0 Å². The smallest absolute Gasteiger partial charge is 0.0466 e. The van der Waals surface area contributed by atoms with Crippen LogP contribution in [0.1, 0.15) is 45.1 Å². The highest BCUT2D eigenvalue weighted by atomic mass is 35.5. The van der Waals surface area contributed by atoms with Crippen LogP contribution >= 0.6 is 11.6 Å². The van der Waals surface area contributed by atoms with Crippen molar-refractivity contribution in [3.63, 3.8) is 0 Å². The van der Waals surface area contributed by atoms with E-state index in [-0.39, 0.29) is 0 Å². The quantitative estimate of drug-likeness (QED) is 0.842. The van der Waals surface area contributed by atoms with E-state index in [4.69, 9.17) is 11.6 Å². The van der Waals surface area contributed by atoms with Crippen LogP contribution in [0.5, 0.6) is 0 Å². The molecule has 0 bridgehead atoms. The van der Waals surface area contributed by atoms with E-state index in [0.29, 0.717) is 11.5 Å². The summed E-state index contributed by atoms with van der Waals surface area (Å²) >= 11 is 6.05. The second kappa shape index (κ2) is 6.37. The van der Waals surface area contributed by atoms with Gasteiger partial charge in [-0.2, -0.15) is 0 Å². The van der Waals surface area contributed by atoms with Gasteiger partial charge in [-0.05, 0) is 54.4 Å². The molecule has 1 unspecified atom stereocenters. The highest BCUT2D eigenvalue weighted by molar-refractivity contribution is 6.30. The molecule has 3 heteroatoms. The predicted molar refractivity (Wildman–Crippen MR) is 94.7 cm³/mol. The van der Waals surface area contributed by atoms with E-state index in [9.17, 15) is 0 Å². The Labute approximate surface area is 138 Å². The maximum atomic E-state index is 6.05. The molecule has 3 rings (SSSR count). The lowest BCUT2D eigenvalue weighted by molar-refractivity contribution is 0.316. The largest absolute Gasteiger partial charge is 0.388 e. The number of rotatable bonds is 3. The molecule has 2 nitrogen and oxygen atoms in total. The van der Waals surface area contributed by atoms with E-state index in [0.717, 1.165) is 18.0 Å². The molecule has 0 aromatic heterocycles. The summed E-state index contributed by atoms with van der Waals surface area (Å²) in [6.07, 6.45) is 8.72. The maximum absolute atomic E-state index is 6.05. The standard InChI is InChI=1S/C19H25ClN2/c1-19(2)8-7-18(14-3-5-16(20)6-4-14)15(12-19)11-17-13-21-9-10-22-17/h3-6,9-10,17,21-22H,7-8,11-13H2,1-2H3. The molecule has 1 aromatic rings. The highest BCUT2D eigenvalue weighted by Gasteiger charge is 2.28. The maximum Gasteiger partial charge on any atom is 0.0466 e. The first kappa shape index (κ1) is 15.5. The van der Waals surface area contributed by atoms with Gasteiger partial charge in [0, 0.05) is 30.0 Å². The van der Waals surface area contributed by atoms with Crippen LogP contribution < -0.4 is 10.6 Å². The van der Waals surface area contributed by atoms with E-state index >= 15 is 0 Å². The van der Waals surface area contributed by atoms with Crippen molar-refractivity contribution in [3.05, 3.63) is 52.8 Å². The van der Waals surface area contributed by atoms with Gasteiger partial charge in [-0.3, -0.25) is 0 Å². The van der Waals surface area contributed by atoms with Gasteiger partial charge < -0.3 is 10.6 Å². The van der Waals surface area contributed by atoms with Gasteiger partial charge in [0.2, 0.25) is 0 Å². The first-order valence-electron chi connectivity index (χ1n) is 8.15. The second-order valence-corrected chi connectivity index (χ2v) is 7.68. The van der Waals surface area contributed by atoms with Crippen molar-refractivity contribution in [2.75, 3.05) is 6.54 Å². The van der Waals surface area contributed by atoms with Crippen molar-refractivity contribution in [3.8, 4) is 0 Å². The highest BCUT2D eigenvalue weighted by Crippen LogP contribution is 2.44. The summed E-state index contributed by atoms with van der Waals surface area (Å²) in [5.74, 6) is 0. The van der Waals surface area contributed by atoms with Crippen molar-refractivity contribution >= 4 is 17.2 Å². The van der Waals surface area contributed by atoms with Crippen LogP contribution in [0.3, 0.4) is 0 Å². The molecule has 118 valence electrons. The van der Waals surface area contributed by atoms with Crippen LogP contribution in [-0.2, 0) is 0 Å². The molecule has 0 saturated heterocycles. The van der Waals surface area contributed by atoms with Gasteiger partial charge in [0.05, 0.1) is 0 Å². The first-order chi connectivity index (χ1) is 10.5. The molecule has 2 aliphatic rings. The topological polar surface area (TPSA) is 24.1 Å². The minimum atomic E-state index is 0.406. The van der Waals surface area contributed by atoms with Gasteiger partial charge in [0.15, 0.2) is 0 Å². The number of nitrogens with one attached hydrogen (secondary N) is 2. The SMILES string of the molecule is CC1(C)CCC(c2ccc(Cl)cc2)=C(CC2CNC=CN2)C1. The molecule has 22 heavy (non-hydrogen) atoms. The Morgan fingerprint density at radius 3 is 2.64 bits per heavy atom. The normalized spacial score (nSPS) is 23.9. The molecule has 0 radical (unpaired) electrons. The second-order valence-electron chi connectivity index (χ2n) is 7.24. The van der Waals surface area contributed by atoms with Crippen molar-refractivity contribution in [2.45, 2.75) is 45.6 Å². The molecule has 2 N–H and O–H groups in total. The van der Waals surface area contributed by atoms with E-state index in [2.05, 4.69) is 36.6 Å². The zero-order chi connectivity index (χ0) is 15.6. The van der Waals surface area contributed by atoms with Crippen molar-refractivity contribution in [1.82, 2.24) is 10.6 Å². The molecule has 1 aliphatic heterocycles. The average Bonchev–Trinajstić information content (AvgIpc) is 2.49. The Morgan fingerprint density at radius 2 is 1.95 bits per heavy atom. The van der Waals surface area contributed by atoms with Crippen LogP contribution in [-0.4, -0.2) is 12.6 Å². The predicted octanol–water partition coefficient (Wildman–Crippen LogP) is 4.73. The van der Waals surface area contributed by atoms with Gasteiger partial charge in [-0.15, -0.1) is 0 Å². The summed E-state index contributed by atoms with van der Waals surface area (Å²) in [5, 5.41) is 7.61. The number of benzene rings is 1. The summed E-state index contributed by atoms with van der Waals surface area (Å²) in [5.41, 5.74) is 4.89. The third-order valence-corrected chi connectivity index (χ3v) is 5.01. The number of halogens is 1. The minimum Gasteiger partial charge on any atom is -0.388 e. The number of allylic oxidation sites excluding steroid dienone is 1. The number of hydrogen-bond donors (Lipinski definition) is 2. The lowest BCUT2D eigenvalue weighted by atomic mass is 9.71. The average molecular weight is 317 g/mol. The first-order valence-corrected chi connectivity index (χ1v) is 8.53. The lowest BCUT2D eigenvalue weighted by Gasteiger charge is -2.35. The summed E-state index contributed by atoms with van der Waals surface area (Å²) in [7, 11) is 0. The molecular weight excluding hydrogens is 292 g/mol. The van der Waals surface area contributed by atoms with Crippen LogP contribution in [0.4, 0.5) is 0 Å². The van der Waals surface area contributed by atoms with E-state index in [1.807, 2.05) is 24.5 Å². The number of hydrogen-bond acceptors (Lipinski definition) is 2. The van der Waals surface area contributed by atoms with E-state index < -0.39 is 0 Å².